The van der Waals surface area contributed by atoms with Crippen molar-refractivity contribution in [1.29, 1.82) is 0 Å². The second-order valence-electron chi connectivity index (χ2n) is 8.10. The highest BCUT2D eigenvalue weighted by Crippen LogP contribution is 2.29. The van der Waals surface area contributed by atoms with E-state index < -0.39 is 108 Å². The van der Waals surface area contributed by atoms with Crippen molar-refractivity contribution < 1.29 is 64.1 Å². The second-order valence-corrected chi connectivity index (χ2v) is 9.19. The van der Waals surface area contributed by atoms with Crippen molar-refractivity contribution in [2.75, 3.05) is 12.4 Å². The van der Waals surface area contributed by atoms with Crippen LogP contribution in [0.5, 0.6) is 0 Å². The predicted molar refractivity (Wildman–Crippen MR) is 109 cm³/mol. The standard InChI is InChI=1S/C17H31N3O13S/c1-4(22)19-5(3-34(18)31)16(30)20-7-9(24)8(23)6(2-21)32-17(7)33-15-13(28)11(26)10(25)12(27)14(15)29/h5-15,17,21,23-29H,2-3,18H2,1H3,(H,19,22)(H,20,30)/t5-,6+,7+,8+,9+,10?,11-,12+,13+,14+,15?,17+,34?/m0/s1. The quantitative estimate of drug-likeness (QED) is 0.143. The van der Waals surface area contributed by atoms with Gasteiger partial charge in [-0.05, 0) is 0 Å². The largest absolute Gasteiger partial charge is 0.394 e. The van der Waals surface area contributed by atoms with Gasteiger partial charge < -0.3 is 61.0 Å². The van der Waals surface area contributed by atoms with Crippen LogP contribution in [0.25, 0.3) is 0 Å². The van der Waals surface area contributed by atoms with Gasteiger partial charge in [0.15, 0.2) is 6.29 Å². The molecular formula is C17H31N3O13S. The highest BCUT2D eigenvalue weighted by atomic mass is 32.2. The number of nitrogens with one attached hydrogen (secondary N) is 2. The molecule has 0 aromatic rings. The van der Waals surface area contributed by atoms with Gasteiger partial charge in [-0.25, -0.2) is 4.21 Å². The molecule has 16 nitrogen and oxygen atoms in total. The maximum absolute atomic E-state index is 12.7. The van der Waals surface area contributed by atoms with Crippen molar-refractivity contribution in [3.63, 3.8) is 0 Å². The minimum absolute atomic E-state index is 0.515. The highest BCUT2D eigenvalue weighted by Gasteiger charge is 2.53. The van der Waals surface area contributed by atoms with E-state index in [1.54, 1.807) is 0 Å². The average molecular weight is 518 g/mol. The summed E-state index contributed by atoms with van der Waals surface area (Å²) in [5.41, 5.74) is 0. The van der Waals surface area contributed by atoms with E-state index in [2.05, 4.69) is 10.6 Å². The average Bonchev–Trinajstić information content (AvgIpc) is 2.77. The molecule has 0 radical (unpaired) electrons. The van der Waals surface area contributed by atoms with Crippen LogP contribution < -0.4 is 15.8 Å². The maximum Gasteiger partial charge on any atom is 0.244 e. The zero-order chi connectivity index (χ0) is 25.9. The van der Waals surface area contributed by atoms with E-state index in [9.17, 15) is 54.7 Å². The SMILES string of the molecule is CC(=O)N[C@@H](CS(N)=O)C(=O)N[C@H]1[C@@H](OC2[C@H](O)[C@H](O)C(O)[C@H](O)[C@H]2O)O[C@H](CO)[C@@H](O)[C@@H]1O. The molecule has 1 saturated carbocycles. The minimum atomic E-state index is -2.03. The van der Waals surface area contributed by atoms with Gasteiger partial charge in [-0.1, -0.05) is 0 Å². The van der Waals surface area contributed by atoms with Crippen molar-refractivity contribution in [3.05, 3.63) is 0 Å². The van der Waals surface area contributed by atoms with E-state index in [0.717, 1.165) is 6.92 Å². The number of amides is 2. The fourth-order valence-electron chi connectivity index (χ4n) is 3.72. The lowest BCUT2D eigenvalue weighted by molar-refractivity contribution is -0.319. The lowest BCUT2D eigenvalue weighted by Crippen LogP contribution is -2.70. The summed E-state index contributed by atoms with van der Waals surface area (Å²) in [7, 11) is -2.03. The summed E-state index contributed by atoms with van der Waals surface area (Å²) in [5, 5.41) is 89.8. The smallest absolute Gasteiger partial charge is 0.244 e. The lowest BCUT2D eigenvalue weighted by Gasteiger charge is -2.47. The fourth-order valence-corrected chi connectivity index (χ4v) is 4.29. The summed E-state index contributed by atoms with van der Waals surface area (Å²) in [6.45, 7) is 0.260. The predicted octanol–water partition coefficient (Wildman–Crippen LogP) is -7.76. The highest BCUT2D eigenvalue weighted by molar-refractivity contribution is 7.82. The lowest BCUT2D eigenvalue weighted by atomic mass is 9.84. The molecule has 12 N–H and O–H groups in total. The summed E-state index contributed by atoms with van der Waals surface area (Å²) in [5.74, 6) is -2.21. The molecular weight excluding hydrogens is 486 g/mol. The minimum Gasteiger partial charge on any atom is -0.394 e. The summed E-state index contributed by atoms with van der Waals surface area (Å²) < 4.78 is 22.2. The topological polar surface area (TPSA) is 282 Å². The molecule has 2 fully saturated rings. The van der Waals surface area contributed by atoms with E-state index in [4.69, 9.17) is 14.6 Å². The first-order valence-electron chi connectivity index (χ1n) is 10.2. The van der Waals surface area contributed by atoms with Gasteiger partial charge in [-0.3, -0.25) is 14.7 Å². The molecule has 1 heterocycles. The van der Waals surface area contributed by atoms with Gasteiger partial charge in [-0.2, -0.15) is 0 Å². The number of aliphatic hydroxyl groups excluding tert-OH is 8. The van der Waals surface area contributed by atoms with Gasteiger partial charge in [0.2, 0.25) is 11.8 Å². The van der Waals surface area contributed by atoms with Crippen molar-refractivity contribution in [1.82, 2.24) is 10.6 Å². The van der Waals surface area contributed by atoms with Gasteiger partial charge >= 0.3 is 0 Å². The monoisotopic (exact) mass is 517 g/mol. The van der Waals surface area contributed by atoms with Crippen molar-refractivity contribution in [3.8, 4) is 0 Å². The molecule has 1 saturated heterocycles. The zero-order valence-electron chi connectivity index (χ0n) is 17.9. The van der Waals surface area contributed by atoms with Crippen molar-refractivity contribution >= 4 is 22.8 Å². The molecule has 3 unspecified atom stereocenters. The van der Waals surface area contributed by atoms with E-state index in [1.807, 2.05) is 0 Å². The Bertz CT molecular complexity index is 715. The number of nitrogens with two attached hydrogens (primary N) is 1. The van der Waals surface area contributed by atoms with Gasteiger partial charge in [0, 0.05) is 6.92 Å². The van der Waals surface area contributed by atoms with Crippen LogP contribution in [0, 0.1) is 0 Å². The molecule has 198 valence electrons. The summed E-state index contributed by atoms with van der Waals surface area (Å²) in [6, 6.07) is -3.10. The molecule has 34 heavy (non-hydrogen) atoms. The van der Waals surface area contributed by atoms with Gasteiger partial charge in [-0.15, -0.1) is 0 Å². The zero-order valence-corrected chi connectivity index (χ0v) is 18.8. The molecule has 0 bridgehead atoms. The van der Waals surface area contributed by atoms with Crippen LogP contribution in [-0.4, -0.2) is 143 Å². The van der Waals surface area contributed by atoms with Gasteiger partial charge in [0.05, 0.1) is 23.3 Å². The number of hydrogen-bond donors (Lipinski definition) is 11. The first-order chi connectivity index (χ1) is 15.8. The molecule has 2 rings (SSSR count). The van der Waals surface area contributed by atoms with Crippen LogP contribution in [0.3, 0.4) is 0 Å². The molecule has 0 spiro atoms. The van der Waals surface area contributed by atoms with Crippen LogP contribution in [0.4, 0.5) is 0 Å². The van der Waals surface area contributed by atoms with Crippen molar-refractivity contribution in [2.45, 2.75) is 80.2 Å². The van der Waals surface area contributed by atoms with Gasteiger partial charge in [0.25, 0.3) is 0 Å². The van der Waals surface area contributed by atoms with Crippen LogP contribution in [0.1, 0.15) is 6.92 Å². The maximum atomic E-state index is 12.7. The third-order valence-corrected chi connectivity index (χ3v) is 6.24. The van der Waals surface area contributed by atoms with E-state index in [-0.39, 0.29) is 0 Å². The Morgan fingerprint density at radius 1 is 0.971 bits per heavy atom. The van der Waals surface area contributed by atoms with E-state index in [0.29, 0.717) is 0 Å². The number of hydrogen-bond acceptors (Lipinski definition) is 13. The van der Waals surface area contributed by atoms with Crippen LogP contribution in [0.15, 0.2) is 0 Å². The van der Waals surface area contributed by atoms with E-state index >= 15 is 0 Å². The molecule has 17 heteroatoms. The first-order valence-corrected chi connectivity index (χ1v) is 11.6. The normalized spacial score (nSPS) is 42.5. The molecule has 2 aliphatic rings. The number of rotatable bonds is 8. The van der Waals surface area contributed by atoms with Crippen LogP contribution in [-0.2, 0) is 30.0 Å². The Balaban J connectivity index is 2.30. The number of carbonyl (C=O) groups is 2. The van der Waals surface area contributed by atoms with Gasteiger partial charge in [0.1, 0.15) is 67.0 Å². The Labute approximate surface area is 195 Å². The third-order valence-electron chi connectivity index (χ3n) is 5.58. The fraction of sp³-hybridized carbons (Fsp3) is 0.882. The van der Waals surface area contributed by atoms with Crippen LogP contribution in [0.2, 0.25) is 0 Å². The molecule has 2 amide bonds. The van der Waals surface area contributed by atoms with E-state index in [1.165, 1.54) is 0 Å². The summed E-state index contributed by atoms with van der Waals surface area (Å²) in [6.07, 6.45) is -18.4. The molecule has 1 aliphatic carbocycles. The first kappa shape index (κ1) is 28.9. The Morgan fingerprint density at radius 3 is 1.97 bits per heavy atom. The summed E-state index contributed by atoms with van der Waals surface area (Å²) >= 11 is 0. The second kappa shape index (κ2) is 12.1. The summed E-state index contributed by atoms with van der Waals surface area (Å²) in [4.78, 5) is 24.1. The van der Waals surface area contributed by atoms with Crippen LogP contribution >= 0.6 is 0 Å². The molecule has 1 aliphatic heterocycles. The molecule has 13 atom stereocenters. The third kappa shape index (κ3) is 6.45. The Morgan fingerprint density at radius 2 is 1.50 bits per heavy atom. The number of ether oxygens (including phenoxy) is 2. The molecule has 0 aromatic heterocycles. The number of carbonyl (C=O) groups excluding carboxylic acids is 2. The Kier molecular flexibility index (Phi) is 10.2. The molecule has 0 aromatic carbocycles. The Hall–Kier alpha value is -1.35. The van der Waals surface area contributed by atoms with Crippen molar-refractivity contribution in [2.24, 2.45) is 5.14 Å². The number of aliphatic hydroxyl groups is 8.